The van der Waals surface area contributed by atoms with E-state index in [0.717, 1.165) is 49.1 Å². The topological polar surface area (TPSA) is 73.9 Å². The van der Waals surface area contributed by atoms with Crippen molar-refractivity contribution in [3.8, 4) is 11.5 Å². The number of Topliss-reactive ketones (excluding diaryl/α,β-unsaturated/α-hetero) is 1. The van der Waals surface area contributed by atoms with Crippen LogP contribution in [0.4, 0.5) is 0 Å². The normalized spacial score (nSPS) is 22.7. The van der Waals surface area contributed by atoms with Gasteiger partial charge in [0.15, 0.2) is 17.3 Å². The Labute approximate surface area is 196 Å². The molecule has 1 fully saturated rings. The molecular formula is C27H35NO5. The SMILES string of the molecule is CCOc1ccc([C@H]2C(C(=O)OC3CCCC3)=C(C)NC3=C2C(=O)CC(C)(C)C3)cc1OC. The Bertz CT molecular complexity index is 1010. The largest absolute Gasteiger partial charge is 0.493 e. The van der Waals surface area contributed by atoms with Crippen molar-refractivity contribution >= 4 is 11.8 Å². The van der Waals surface area contributed by atoms with E-state index in [1.807, 2.05) is 32.0 Å². The molecule has 0 unspecified atom stereocenters. The van der Waals surface area contributed by atoms with Gasteiger partial charge in [-0.05, 0) is 69.1 Å². The maximum Gasteiger partial charge on any atom is 0.337 e. The molecule has 6 nitrogen and oxygen atoms in total. The highest BCUT2D eigenvalue weighted by atomic mass is 16.5. The molecule has 0 bridgehead atoms. The van der Waals surface area contributed by atoms with Crippen LogP contribution in [0.15, 0.2) is 40.7 Å². The Kier molecular flexibility index (Phi) is 6.55. The molecule has 0 saturated heterocycles. The van der Waals surface area contributed by atoms with E-state index in [1.165, 1.54) is 0 Å². The zero-order valence-corrected chi connectivity index (χ0v) is 20.4. The lowest BCUT2D eigenvalue weighted by molar-refractivity contribution is -0.144. The van der Waals surface area contributed by atoms with Gasteiger partial charge in [-0.3, -0.25) is 4.79 Å². The van der Waals surface area contributed by atoms with Crippen molar-refractivity contribution in [1.29, 1.82) is 0 Å². The first-order chi connectivity index (χ1) is 15.7. The Balaban J connectivity index is 1.81. The Hall–Kier alpha value is -2.76. The molecule has 1 saturated carbocycles. The van der Waals surface area contributed by atoms with Gasteiger partial charge in [-0.1, -0.05) is 19.9 Å². The molecule has 0 aromatic heterocycles. The maximum atomic E-state index is 13.5. The van der Waals surface area contributed by atoms with E-state index in [0.29, 0.717) is 35.7 Å². The molecule has 6 heteroatoms. The summed E-state index contributed by atoms with van der Waals surface area (Å²) in [7, 11) is 1.60. The Morgan fingerprint density at radius 3 is 2.55 bits per heavy atom. The molecule has 2 aliphatic carbocycles. The summed E-state index contributed by atoms with van der Waals surface area (Å²) < 4.78 is 17.2. The van der Waals surface area contributed by atoms with Crippen LogP contribution < -0.4 is 14.8 Å². The second-order valence-electron chi connectivity index (χ2n) is 10.1. The minimum atomic E-state index is -0.497. The summed E-state index contributed by atoms with van der Waals surface area (Å²) >= 11 is 0. The number of benzene rings is 1. The summed E-state index contributed by atoms with van der Waals surface area (Å²) in [5.74, 6) is 0.459. The van der Waals surface area contributed by atoms with E-state index in [9.17, 15) is 9.59 Å². The molecule has 1 aromatic carbocycles. The smallest absolute Gasteiger partial charge is 0.337 e. The number of rotatable bonds is 6. The summed E-state index contributed by atoms with van der Waals surface area (Å²) in [6.07, 6.45) is 5.10. The second-order valence-corrected chi connectivity index (χ2v) is 10.1. The number of esters is 1. The predicted octanol–water partition coefficient (Wildman–Crippen LogP) is 5.18. The fourth-order valence-corrected chi connectivity index (χ4v) is 5.40. The number of ether oxygens (including phenoxy) is 3. The van der Waals surface area contributed by atoms with Crippen LogP contribution in [0.2, 0.25) is 0 Å². The van der Waals surface area contributed by atoms with E-state index in [2.05, 4.69) is 19.2 Å². The third-order valence-electron chi connectivity index (χ3n) is 6.86. The average Bonchev–Trinajstić information content (AvgIpc) is 3.25. The van der Waals surface area contributed by atoms with Gasteiger partial charge in [-0.25, -0.2) is 4.79 Å². The van der Waals surface area contributed by atoms with Gasteiger partial charge in [0.05, 0.1) is 19.3 Å². The lowest BCUT2D eigenvalue weighted by Gasteiger charge is -2.39. The highest BCUT2D eigenvalue weighted by molar-refractivity contribution is 6.04. The van der Waals surface area contributed by atoms with Gasteiger partial charge < -0.3 is 19.5 Å². The van der Waals surface area contributed by atoms with Gasteiger partial charge in [-0.15, -0.1) is 0 Å². The van der Waals surface area contributed by atoms with Gasteiger partial charge >= 0.3 is 5.97 Å². The van der Waals surface area contributed by atoms with Crippen LogP contribution in [-0.2, 0) is 14.3 Å². The highest BCUT2D eigenvalue weighted by Crippen LogP contribution is 2.48. The van der Waals surface area contributed by atoms with Crippen molar-refractivity contribution in [1.82, 2.24) is 5.32 Å². The van der Waals surface area contributed by atoms with E-state index < -0.39 is 5.92 Å². The fourth-order valence-electron chi connectivity index (χ4n) is 5.40. The second kappa shape index (κ2) is 9.24. The van der Waals surface area contributed by atoms with Gasteiger partial charge in [0, 0.05) is 29.3 Å². The average molecular weight is 454 g/mol. The Morgan fingerprint density at radius 2 is 1.88 bits per heavy atom. The molecule has 1 N–H and O–H groups in total. The Morgan fingerprint density at radius 1 is 1.15 bits per heavy atom. The number of methoxy groups -OCH3 is 1. The zero-order chi connectivity index (χ0) is 23.8. The number of ketones is 1. The van der Waals surface area contributed by atoms with Gasteiger partial charge in [0.2, 0.25) is 0 Å². The molecule has 0 spiro atoms. The molecule has 3 aliphatic rings. The van der Waals surface area contributed by atoms with Crippen LogP contribution in [0.5, 0.6) is 11.5 Å². The minimum Gasteiger partial charge on any atom is -0.493 e. The first-order valence-corrected chi connectivity index (χ1v) is 12.0. The highest BCUT2D eigenvalue weighted by Gasteiger charge is 2.43. The lowest BCUT2D eigenvalue weighted by atomic mass is 9.68. The van der Waals surface area contributed by atoms with Crippen molar-refractivity contribution in [2.24, 2.45) is 5.41 Å². The third-order valence-corrected chi connectivity index (χ3v) is 6.86. The molecule has 1 aromatic rings. The number of hydrogen-bond acceptors (Lipinski definition) is 6. The third kappa shape index (κ3) is 4.66. The molecule has 1 atom stereocenters. The van der Waals surface area contributed by atoms with Crippen molar-refractivity contribution in [3.05, 3.63) is 46.3 Å². The molecular weight excluding hydrogens is 418 g/mol. The van der Waals surface area contributed by atoms with Gasteiger partial charge in [-0.2, -0.15) is 0 Å². The fraction of sp³-hybridized carbons (Fsp3) is 0.556. The number of nitrogens with one attached hydrogen (secondary N) is 1. The number of carbonyl (C=O) groups excluding carboxylic acids is 2. The molecule has 33 heavy (non-hydrogen) atoms. The van der Waals surface area contributed by atoms with Crippen molar-refractivity contribution in [2.75, 3.05) is 13.7 Å². The van der Waals surface area contributed by atoms with Gasteiger partial charge in [0.1, 0.15) is 6.10 Å². The first kappa shape index (κ1) is 23.4. The summed E-state index contributed by atoms with van der Waals surface area (Å²) in [6.45, 7) is 8.55. The van der Waals surface area contributed by atoms with Crippen LogP contribution in [0, 0.1) is 5.41 Å². The molecule has 1 aliphatic heterocycles. The quantitative estimate of drug-likeness (QED) is 0.598. The number of dihydropyridines is 1. The van der Waals surface area contributed by atoms with E-state index in [4.69, 9.17) is 14.2 Å². The lowest BCUT2D eigenvalue weighted by Crippen LogP contribution is -2.39. The van der Waals surface area contributed by atoms with E-state index in [1.54, 1.807) is 7.11 Å². The minimum absolute atomic E-state index is 0.0512. The zero-order valence-electron chi connectivity index (χ0n) is 20.4. The predicted molar refractivity (Wildman–Crippen MR) is 126 cm³/mol. The summed E-state index contributed by atoms with van der Waals surface area (Å²) in [6, 6.07) is 5.67. The number of carbonyl (C=O) groups is 2. The standard InChI is InChI=1S/C27H35NO5/c1-6-32-21-12-11-17(13-22(21)31-5)24-23(26(30)33-18-9-7-8-10-18)16(2)28-19-14-27(3,4)15-20(29)25(19)24/h11-13,18,24,28H,6-10,14-15H2,1-5H3/t24-/m0/s1. The van der Waals surface area contributed by atoms with Gasteiger partial charge in [0.25, 0.3) is 0 Å². The number of hydrogen-bond donors (Lipinski definition) is 1. The van der Waals surface area contributed by atoms with E-state index in [-0.39, 0.29) is 23.3 Å². The summed E-state index contributed by atoms with van der Waals surface area (Å²) in [4.78, 5) is 26.9. The van der Waals surface area contributed by atoms with E-state index >= 15 is 0 Å². The summed E-state index contributed by atoms with van der Waals surface area (Å²) in [5.41, 5.74) is 3.54. The molecule has 0 amide bonds. The van der Waals surface area contributed by atoms with Crippen LogP contribution >= 0.6 is 0 Å². The maximum absolute atomic E-state index is 13.5. The van der Waals surface area contributed by atoms with Crippen LogP contribution in [0.1, 0.15) is 77.7 Å². The van der Waals surface area contributed by atoms with Crippen LogP contribution in [-0.4, -0.2) is 31.6 Å². The van der Waals surface area contributed by atoms with Crippen molar-refractivity contribution in [3.63, 3.8) is 0 Å². The first-order valence-electron chi connectivity index (χ1n) is 12.0. The molecule has 4 rings (SSSR count). The monoisotopic (exact) mass is 453 g/mol. The van der Waals surface area contributed by atoms with Crippen molar-refractivity contribution in [2.45, 2.75) is 78.2 Å². The summed E-state index contributed by atoms with van der Waals surface area (Å²) in [5, 5.41) is 3.40. The number of allylic oxidation sites excluding steroid dienone is 3. The molecule has 0 radical (unpaired) electrons. The van der Waals surface area contributed by atoms with Crippen molar-refractivity contribution < 1.29 is 23.8 Å². The van der Waals surface area contributed by atoms with Crippen LogP contribution in [0.25, 0.3) is 0 Å². The molecule has 1 heterocycles. The van der Waals surface area contributed by atoms with Crippen LogP contribution in [0.3, 0.4) is 0 Å². The molecule has 178 valence electrons.